The van der Waals surface area contributed by atoms with Gasteiger partial charge in [0, 0.05) is 13.1 Å². The van der Waals surface area contributed by atoms with Gasteiger partial charge in [-0.15, -0.1) is 0 Å². The summed E-state index contributed by atoms with van der Waals surface area (Å²) < 4.78 is 42.0. The molecule has 0 bridgehead atoms. The minimum atomic E-state index is -3.63. The summed E-state index contributed by atoms with van der Waals surface area (Å²) in [5.74, 6) is -0.00132. The van der Waals surface area contributed by atoms with Gasteiger partial charge in [-0.25, -0.2) is 17.9 Å². The van der Waals surface area contributed by atoms with E-state index in [2.05, 4.69) is 10.0 Å². The zero-order valence-corrected chi connectivity index (χ0v) is 16.7. The lowest BCUT2D eigenvalue weighted by Crippen LogP contribution is -2.34. The second-order valence-corrected chi connectivity index (χ2v) is 8.31. The third kappa shape index (κ3) is 10.8. The summed E-state index contributed by atoms with van der Waals surface area (Å²) in [7, 11) is -3.63. The van der Waals surface area contributed by atoms with Crippen LogP contribution < -0.4 is 10.0 Å². The molecule has 1 rings (SSSR count). The minimum absolute atomic E-state index is 0.00132. The van der Waals surface area contributed by atoms with Crippen LogP contribution in [-0.2, 0) is 24.2 Å². The Balaban J connectivity index is 2.03. The van der Waals surface area contributed by atoms with Gasteiger partial charge in [0.05, 0.1) is 31.3 Å². The number of hydrogen-bond donors (Lipinski definition) is 3. The Kier molecular flexibility index (Phi) is 9.50. The van der Waals surface area contributed by atoms with E-state index in [4.69, 9.17) is 14.2 Å². The van der Waals surface area contributed by atoms with E-state index < -0.39 is 21.7 Å². The number of phenolic OH excluding ortho intramolecular Hbond substituents is 1. The maximum atomic E-state index is 12.0. The normalized spacial score (nSPS) is 12.0. The molecule has 9 nitrogen and oxygen atoms in total. The molecule has 0 fully saturated rings. The van der Waals surface area contributed by atoms with Crippen LogP contribution in [0.1, 0.15) is 20.8 Å². The third-order valence-corrected chi connectivity index (χ3v) is 4.45. The summed E-state index contributed by atoms with van der Waals surface area (Å²) in [6, 6.07) is 5.25. The van der Waals surface area contributed by atoms with Crippen LogP contribution in [0.25, 0.3) is 0 Å². The third-order valence-electron chi connectivity index (χ3n) is 2.97. The van der Waals surface area contributed by atoms with Crippen molar-refractivity contribution in [1.82, 2.24) is 10.0 Å². The highest BCUT2D eigenvalue weighted by atomic mass is 32.2. The molecule has 27 heavy (non-hydrogen) atoms. The van der Waals surface area contributed by atoms with E-state index in [0.29, 0.717) is 26.4 Å². The van der Waals surface area contributed by atoms with Crippen molar-refractivity contribution < 1.29 is 32.5 Å². The van der Waals surface area contributed by atoms with E-state index >= 15 is 0 Å². The topological polar surface area (TPSA) is 123 Å². The van der Waals surface area contributed by atoms with Crippen molar-refractivity contribution in [3.05, 3.63) is 24.3 Å². The van der Waals surface area contributed by atoms with Crippen LogP contribution in [0.3, 0.4) is 0 Å². The standard InChI is InChI=1S/C17H28N2O7S/c1-17(2,3)26-16(21)18-8-10-24-12-13-25-11-9-19-27(22,23)15-6-4-14(20)5-7-15/h4-7,19-20H,8-13H2,1-3H3,(H,18,21). The van der Waals surface area contributed by atoms with Gasteiger partial charge in [0.15, 0.2) is 0 Å². The smallest absolute Gasteiger partial charge is 0.407 e. The Morgan fingerprint density at radius 1 is 1.00 bits per heavy atom. The molecule has 0 aromatic heterocycles. The van der Waals surface area contributed by atoms with E-state index in [0.717, 1.165) is 0 Å². The van der Waals surface area contributed by atoms with Gasteiger partial charge in [-0.3, -0.25) is 0 Å². The fourth-order valence-corrected chi connectivity index (χ4v) is 2.83. The van der Waals surface area contributed by atoms with Crippen LogP contribution in [0, 0.1) is 0 Å². The first-order valence-corrected chi connectivity index (χ1v) is 9.99. The largest absolute Gasteiger partial charge is 0.508 e. The lowest BCUT2D eigenvalue weighted by Gasteiger charge is -2.19. The number of amides is 1. The van der Waals surface area contributed by atoms with Gasteiger partial charge in [0.25, 0.3) is 0 Å². The number of alkyl carbamates (subject to hydrolysis) is 1. The second kappa shape index (κ2) is 11.1. The lowest BCUT2D eigenvalue weighted by molar-refractivity contribution is 0.0408. The van der Waals surface area contributed by atoms with Gasteiger partial charge >= 0.3 is 6.09 Å². The number of nitrogens with one attached hydrogen (secondary N) is 2. The highest BCUT2D eigenvalue weighted by Gasteiger charge is 2.15. The molecule has 1 aromatic carbocycles. The molecule has 0 unspecified atom stereocenters. The molecule has 10 heteroatoms. The molecule has 0 aliphatic carbocycles. The van der Waals surface area contributed by atoms with Crippen molar-refractivity contribution in [2.24, 2.45) is 0 Å². The van der Waals surface area contributed by atoms with Crippen LogP contribution in [0.4, 0.5) is 4.79 Å². The molecular weight excluding hydrogens is 376 g/mol. The van der Waals surface area contributed by atoms with Crippen LogP contribution in [-0.4, -0.2) is 64.7 Å². The first-order valence-electron chi connectivity index (χ1n) is 8.51. The quantitative estimate of drug-likeness (QED) is 0.474. The number of phenols is 1. The second-order valence-electron chi connectivity index (χ2n) is 6.55. The molecule has 1 aromatic rings. The number of hydrogen-bond acceptors (Lipinski definition) is 7. The summed E-state index contributed by atoms with van der Waals surface area (Å²) in [6.45, 7) is 6.91. The molecule has 0 radical (unpaired) electrons. The number of carbonyl (C=O) groups is 1. The van der Waals surface area contributed by atoms with Gasteiger partial charge in [-0.1, -0.05) is 0 Å². The Bertz CT molecular complexity index is 670. The molecule has 154 valence electrons. The van der Waals surface area contributed by atoms with Crippen LogP contribution in [0.2, 0.25) is 0 Å². The average Bonchev–Trinajstić information content (AvgIpc) is 2.55. The molecule has 3 N–H and O–H groups in total. The summed E-state index contributed by atoms with van der Waals surface area (Å²) in [4.78, 5) is 11.5. The fourth-order valence-electron chi connectivity index (χ4n) is 1.82. The van der Waals surface area contributed by atoms with Gasteiger partial charge in [0.2, 0.25) is 10.0 Å². The Morgan fingerprint density at radius 3 is 2.11 bits per heavy atom. The predicted octanol–water partition coefficient (Wildman–Crippen LogP) is 1.23. The Hall–Kier alpha value is -1.88. The molecule has 0 atom stereocenters. The monoisotopic (exact) mass is 404 g/mol. The summed E-state index contributed by atoms with van der Waals surface area (Å²) in [5.41, 5.74) is -0.539. The van der Waals surface area contributed by atoms with Crippen molar-refractivity contribution in [2.45, 2.75) is 31.3 Å². The SMILES string of the molecule is CC(C)(C)OC(=O)NCCOCCOCCNS(=O)(=O)c1ccc(O)cc1. The van der Waals surface area contributed by atoms with Gasteiger partial charge in [0.1, 0.15) is 11.4 Å². The van der Waals surface area contributed by atoms with E-state index in [1.54, 1.807) is 20.8 Å². The Morgan fingerprint density at radius 2 is 1.56 bits per heavy atom. The van der Waals surface area contributed by atoms with Crippen LogP contribution in [0.5, 0.6) is 5.75 Å². The van der Waals surface area contributed by atoms with E-state index in [1.807, 2.05) is 0 Å². The van der Waals surface area contributed by atoms with E-state index in [9.17, 15) is 18.3 Å². The number of benzene rings is 1. The van der Waals surface area contributed by atoms with E-state index in [1.165, 1.54) is 24.3 Å². The number of aromatic hydroxyl groups is 1. The Labute approximate surface area is 160 Å². The van der Waals surface area contributed by atoms with Gasteiger partial charge < -0.3 is 24.6 Å². The highest BCUT2D eigenvalue weighted by Crippen LogP contribution is 2.13. The summed E-state index contributed by atoms with van der Waals surface area (Å²) in [6.07, 6.45) is -0.497. The zero-order chi connectivity index (χ0) is 20.3. The number of ether oxygens (including phenoxy) is 3. The molecule has 0 saturated carbocycles. The highest BCUT2D eigenvalue weighted by molar-refractivity contribution is 7.89. The van der Waals surface area contributed by atoms with Crippen molar-refractivity contribution in [3.63, 3.8) is 0 Å². The molecule has 0 spiro atoms. The fraction of sp³-hybridized carbons (Fsp3) is 0.588. The van der Waals surface area contributed by atoms with Crippen LogP contribution >= 0.6 is 0 Å². The summed E-state index contributed by atoms with van der Waals surface area (Å²) in [5, 5.41) is 11.7. The summed E-state index contributed by atoms with van der Waals surface area (Å²) >= 11 is 0. The molecular formula is C17H28N2O7S. The van der Waals surface area contributed by atoms with Crippen molar-refractivity contribution in [1.29, 1.82) is 0 Å². The number of carbonyl (C=O) groups excluding carboxylic acids is 1. The number of sulfonamides is 1. The predicted molar refractivity (Wildman–Crippen MR) is 99.2 cm³/mol. The van der Waals surface area contributed by atoms with Gasteiger partial charge in [-0.2, -0.15) is 0 Å². The molecule has 1 amide bonds. The average molecular weight is 404 g/mol. The molecule has 0 aliphatic rings. The van der Waals surface area contributed by atoms with Crippen molar-refractivity contribution in [3.8, 4) is 5.75 Å². The van der Waals surface area contributed by atoms with Gasteiger partial charge in [-0.05, 0) is 45.0 Å². The minimum Gasteiger partial charge on any atom is -0.508 e. The maximum Gasteiger partial charge on any atom is 0.407 e. The molecule has 0 heterocycles. The molecule has 0 aliphatic heterocycles. The van der Waals surface area contributed by atoms with E-state index in [-0.39, 0.29) is 23.8 Å². The zero-order valence-electron chi connectivity index (χ0n) is 15.9. The molecule has 0 saturated heterocycles. The van der Waals surface area contributed by atoms with Crippen LogP contribution in [0.15, 0.2) is 29.2 Å². The first-order chi connectivity index (χ1) is 12.6. The first kappa shape index (κ1) is 23.2. The number of rotatable bonds is 11. The lowest BCUT2D eigenvalue weighted by atomic mass is 10.2. The maximum absolute atomic E-state index is 12.0. The van der Waals surface area contributed by atoms with Crippen molar-refractivity contribution >= 4 is 16.1 Å². The van der Waals surface area contributed by atoms with Crippen molar-refractivity contribution in [2.75, 3.05) is 39.5 Å².